The van der Waals surface area contributed by atoms with Gasteiger partial charge in [-0.25, -0.2) is 0 Å². The fraction of sp³-hybridized carbons (Fsp3) is 0.750. The lowest BCUT2D eigenvalue weighted by atomic mass is 9.80. The summed E-state index contributed by atoms with van der Waals surface area (Å²) in [6.07, 6.45) is 2.14. The second kappa shape index (κ2) is 4.36. The molecule has 1 fully saturated rings. The van der Waals surface area contributed by atoms with Gasteiger partial charge in [0, 0.05) is 24.7 Å². The van der Waals surface area contributed by atoms with Crippen molar-refractivity contribution in [3.8, 4) is 0 Å². The van der Waals surface area contributed by atoms with Crippen molar-refractivity contribution in [3.05, 3.63) is 11.7 Å². The fourth-order valence-corrected chi connectivity index (χ4v) is 2.20. The average molecular weight is 222 g/mol. The lowest BCUT2D eigenvalue weighted by molar-refractivity contribution is -0.121. The van der Waals surface area contributed by atoms with Crippen LogP contribution in [0.25, 0.3) is 0 Å². The van der Waals surface area contributed by atoms with Gasteiger partial charge in [-0.15, -0.1) is 0 Å². The van der Waals surface area contributed by atoms with Gasteiger partial charge in [-0.05, 0) is 12.3 Å². The number of carbonyl (C=O) groups is 1. The first-order valence-corrected chi connectivity index (χ1v) is 5.93. The number of aromatic nitrogens is 2. The summed E-state index contributed by atoms with van der Waals surface area (Å²) in [4.78, 5) is 15.7. The van der Waals surface area contributed by atoms with Gasteiger partial charge in [-0.1, -0.05) is 25.9 Å². The Labute approximate surface area is 95.4 Å². The van der Waals surface area contributed by atoms with Crippen molar-refractivity contribution in [2.75, 3.05) is 0 Å². The summed E-state index contributed by atoms with van der Waals surface area (Å²) < 4.78 is 5.30. The molecule has 0 saturated heterocycles. The van der Waals surface area contributed by atoms with Crippen LogP contribution in [0.3, 0.4) is 0 Å². The molecular weight excluding hydrogens is 204 g/mol. The Morgan fingerprint density at radius 1 is 1.44 bits per heavy atom. The van der Waals surface area contributed by atoms with Gasteiger partial charge in [-0.2, -0.15) is 4.98 Å². The molecule has 0 amide bonds. The lowest BCUT2D eigenvalue weighted by Crippen LogP contribution is -2.21. The Bertz CT molecular complexity index is 384. The minimum Gasteiger partial charge on any atom is -0.339 e. The van der Waals surface area contributed by atoms with Crippen LogP contribution < -0.4 is 0 Å². The third kappa shape index (κ3) is 2.15. The Morgan fingerprint density at radius 3 is 2.75 bits per heavy atom. The van der Waals surface area contributed by atoms with Crippen LogP contribution in [0.4, 0.5) is 0 Å². The zero-order valence-corrected chi connectivity index (χ0v) is 10.1. The van der Waals surface area contributed by atoms with Gasteiger partial charge in [0.25, 0.3) is 0 Å². The van der Waals surface area contributed by atoms with Crippen molar-refractivity contribution < 1.29 is 9.32 Å². The quantitative estimate of drug-likeness (QED) is 0.772. The molecule has 0 aliphatic heterocycles. The van der Waals surface area contributed by atoms with E-state index in [1.54, 1.807) is 0 Å². The van der Waals surface area contributed by atoms with Crippen LogP contribution in [-0.2, 0) is 4.79 Å². The molecule has 0 bridgehead atoms. The van der Waals surface area contributed by atoms with Crippen molar-refractivity contribution >= 4 is 5.78 Å². The Hall–Kier alpha value is -1.19. The van der Waals surface area contributed by atoms with Crippen molar-refractivity contribution in [1.29, 1.82) is 0 Å². The van der Waals surface area contributed by atoms with Crippen LogP contribution in [0, 0.1) is 5.92 Å². The summed E-state index contributed by atoms with van der Waals surface area (Å²) in [5.74, 6) is 2.70. The van der Waals surface area contributed by atoms with Gasteiger partial charge < -0.3 is 4.52 Å². The van der Waals surface area contributed by atoms with E-state index in [-0.39, 0.29) is 11.8 Å². The number of carbonyl (C=O) groups excluding carboxylic acids is 1. The summed E-state index contributed by atoms with van der Waals surface area (Å²) in [7, 11) is 0. The Morgan fingerprint density at radius 2 is 2.19 bits per heavy atom. The van der Waals surface area contributed by atoms with Crippen LogP contribution >= 0.6 is 0 Å². The molecule has 1 aliphatic rings. The minimum atomic E-state index is 0.262. The summed E-state index contributed by atoms with van der Waals surface area (Å²) >= 11 is 0. The molecule has 1 heterocycles. The lowest BCUT2D eigenvalue weighted by Gasteiger charge is -2.24. The highest BCUT2D eigenvalue weighted by Crippen LogP contribution is 2.35. The van der Waals surface area contributed by atoms with Gasteiger partial charge in [0.05, 0.1) is 0 Å². The van der Waals surface area contributed by atoms with E-state index in [9.17, 15) is 4.79 Å². The van der Waals surface area contributed by atoms with Crippen LogP contribution in [-0.4, -0.2) is 15.9 Å². The first kappa shape index (κ1) is 11.3. The van der Waals surface area contributed by atoms with Crippen LogP contribution in [0.15, 0.2) is 4.52 Å². The smallest absolute Gasteiger partial charge is 0.230 e. The minimum absolute atomic E-state index is 0.262. The molecule has 88 valence electrons. The first-order chi connectivity index (χ1) is 7.58. The molecule has 0 unspecified atom stereocenters. The fourth-order valence-electron chi connectivity index (χ4n) is 2.20. The topological polar surface area (TPSA) is 56.0 Å². The molecule has 2 atom stereocenters. The van der Waals surface area contributed by atoms with Gasteiger partial charge in [-0.3, -0.25) is 4.79 Å². The molecule has 1 saturated carbocycles. The molecule has 0 aromatic carbocycles. The van der Waals surface area contributed by atoms with E-state index in [4.69, 9.17) is 4.52 Å². The molecule has 1 aliphatic carbocycles. The van der Waals surface area contributed by atoms with Crippen molar-refractivity contribution in [1.82, 2.24) is 10.1 Å². The largest absolute Gasteiger partial charge is 0.339 e. The monoisotopic (exact) mass is 222 g/mol. The zero-order chi connectivity index (χ0) is 11.7. The average Bonchev–Trinajstić information content (AvgIpc) is 2.66. The maximum absolute atomic E-state index is 11.3. The van der Waals surface area contributed by atoms with Gasteiger partial charge in [0.1, 0.15) is 5.78 Å². The first-order valence-electron chi connectivity index (χ1n) is 5.93. The molecule has 0 spiro atoms. The number of Topliss-reactive ketones (excluding diaryl/α,β-unsaturated/α-hetero) is 1. The van der Waals surface area contributed by atoms with Crippen molar-refractivity contribution in [2.24, 2.45) is 5.92 Å². The summed E-state index contributed by atoms with van der Waals surface area (Å²) in [6, 6.07) is 0. The highest BCUT2D eigenvalue weighted by Gasteiger charge is 2.31. The third-order valence-electron chi connectivity index (χ3n) is 3.26. The SMILES string of the molecule is CC(C)c1noc([C@H]2CCC(=O)C[C@H]2C)n1. The van der Waals surface area contributed by atoms with Crippen LogP contribution in [0.5, 0.6) is 0 Å². The van der Waals surface area contributed by atoms with E-state index in [1.807, 2.05) is 13.8 Å². The van der Waals surface area contributed by atoms with Crippen molar-refractivity contribution in [2.45, 2.75) is 51.9 Å². The number of nitrogens with zero attached hydrogens (tertiary/aromatic N) is 2. The number of rotatable bonds is 2. The molecule has 0 radical (unpaired) electrons. The molecule has 1 aromatic rings. The van der Waals surface area contributed by atoms with Gasteiger partial charge in [0.2, 0.25) is 5.89 Å². The molecule has 0 N–H and O–H groups in total. The normalized spacial score (nSPS) is 26.4. The van der Waals surface area contributed by atoms with E-state index in [2.05, 4.69) is 17.1 Å². The molecule has 1 aromatic heterocycles. The highest BCUT2D eigenvalue weighted by molar-refractivity contribution is 5.79. The van der Waals surface area contributed by atoms with E-state index in [0.29, 0.717) is 30.4 Å². The summed E-state index contributed by atoms with van der Waals surface area (Å²) in [5.41, 5.74) is 0. The van der Waals surface area contributed by atoms with Gasteiger partial charge >= 0.3 is 0 Å². The Kier molecular flexibility index (Phi) is 3.08. The number of ketones is 1. The zero-order valence-electron chi connectivity index (χ0n) is 10.1. The molecule has 16 heavy (non-hydrogen) atoms. The number of hydrogen-bond acceptors (Lipinski definition) is 4. The summed E-state index contributed by atoms with van der Waals surface area (Å²) in [5, 5.41) is 3.97. The Balaban J connectivity index is 2.14. The van der Waals surface area contributed by atoms with Gasteiger partial charge in [0.15, 0.2) is 5.82 Å². The molecular formula is C12H18N2O2. The van der Waals surface area contributed by atoms with Crippen LogP contribution in [0.2, 0.25) is 0 Å². The van der Waals surface area contributed by atoms with Crippen molar-refractivity contribution in [3.63, 3.8) is 0 Å². The number of hydrogen-bond donors (Lipinski definition) is 0. The second-order valence-electron chi connectivity index (χ2n) is 5.01. The maximum Gasteiger partial charge on any atom is 0.230 e. The highest BCUT2D eigenvalue weighted by atomic mass is 16.5. The molecule has 2 rings (SSSR count). The molecule has 4 heteroatoms. The van der Waals surface area contributed by atoms with E-state index in [1.165, 1.54) is 0 Å². The summed E-state index contributed by atoms with van der Waals surface area (Å²) in [6.45, 7) is 6.17. The predicted octanol–water partition coefficient (Wildman–Crippen LogP) is 2.67. The van der Waals surface area contributed by atoms with E-state index in [0.717, 1.165) is 12.2 Å². The second-order valence-corrected chi connectivity index (χ2v) is 5.01. The standard InChI is InChI=1S/C12H18N2O2/c1-7(2)11-13-12(16-14-11)10-5-4-9(15)6-8(10)3/h7-8,10H,4-6H2,1-3H3/t8-,10+/m1/s1. The van der Waals surface area contributed by atoms with E-state index < -0.39 is 0 Å². The predicted molar refractivity (Wildman–Crippen MR) is 59.2 cm³/mol. The molecule has 4 nitrogen and oxygen atoms in total. The third-order valence-corrected chi connectivity index (χ3v) is 3.26. The van der Waals surface area contributed by atoms with Crippen LogP contribution in [0.1, 0.15) is 63.6 Å². The van der Waals surface area contributed by atoms with E-state index >= 15 is 0 Å². The maximum atomic E-state index is 11.3.